The Hall–Kier alpha value is -3.04. The first-order valence-corrected chi connectivity index (χ1v) is 9.74. The highest BCUT2D eigenvalue weighted by Crippen LogP contribution is 2.19. The molecule has 0 saturated carbocycles. The molecule has 0 spiro atoms. The summed E-state index contributed by atoms with van der Waals surface area (Å²) >= 11 is 0. The van der Waals surface area contributed by atoms with Crippen LogP contribution in [0.3, 0.4) is 0 Å². The van der Waals surface area contributed by atoms with Crippen molar-refractivity contribution in [2.75, 3.05) is 6.61 Å². The smallest absolute Gasteiger partial charge is 0.422 e. The van der Waals surface area contributed by atoms with E-state index in [9.17, 15) is 22.8 Å². The molecule has 1 aromatic rings. The molecule has 0 aliphatic carbocycles. The number of allylic oxidation sites excluding steroid dienone is 1. The molecule has 10 heteroatoms. The second kappa shape index (κ2) is 11.4. The topological polar surface area (TPSA) is 106 Å². The van der Waals surface area contributed by atoms with E-state index in [-0.39, 0.29) is 35.0 Å². The van der Waals surface area contributed by atoms with Gasteiger partial charge in [0.15, 0.2) is 6.61 Å². The Kier molecular flexibility index (Phi) is 9.54. The van der Waals surface area contributed by atoms with Crippen molar-refractivity contribution >= 4 is 11.8 Å². The molecule has 31 heavy (non-hydrogen) atoms. The molecule has 0 fully saturated rings. The Labute approximate surface area is 179 Å². The average molecular weight is 442 g/mol. The van der Waals surface area contributed by atoms with E-state index in [0.717, 1.165) is 0 Å². The quantitative estimate of drug-likeness (QED) is 0.402. The number of aromatic nitrogens is 1. The molecule has 7 nitrogen and oxygen atoms in total. The molecule has 0 radical (unpaired) electrons. The third-order valence-electron chi connectivity index (χ3n) is 3.87. The van der Waals surface area contributed by atoms with Gasteiger partial charge in [0.2, 0.25) is 11.8 Å². The lowest BCUT2D eigenvalue weighted by atomic mass is 10.1. The van der Waals surface area contributed by atoms with Crippen molar-refractivity contribution in [2.24, 2.45) is 17.6 Å². The molecule has 0 bridgehead atoms. The lowest BCUT2D eigenvalue weighted by Gasteiger charge is -2.16. The maximum Gasteiger partial charge on any atom is 0.422 e. The van der Waals surface area contributed by atoms with Gasteiger partial charge in [0.05, 0.1) is 6.04 Å². The predicted octanol–water partition coefficient (Wildman–Crippen LogP) is 3.35. The Bertz CT molecular complexity index is 816. The lowest BCUT2D eigenvalue weighted by molar-refractivity contribution is -0.154. The first-order valence-electron chi connectivity index (χ1n) is 9.74. The third-order valence-corrected chi connectivity index (χ3v) is 3.87. The zero-order chi connectivity index (χ0) is 23.8. The minimum absolute atomic E-state index is 0.0348. The van der Waals surface area contributed by atoms with Crippen molar-refractivity contribution in [3.63, 3.8) is 0 Å². The fraction of sp³-hybridized carbons (Fsp3) is 0.476. The van der Waals surface area contributed by atoms with E-state index in [1.54, 1.807) is 26.8 Å². The molecule has 1 atom stereocenters. The van der Waals surface area contributed by atoms with Crippen molar-refractivity contribution in [2.45, 2.75) is 46.8 Å². The molecule has 1 unspecified atom stereocenters. The number of nitrogens with two attached hydrogens (primary N) is 1. The molecular formula is C21H29F3N4O3. The van der Waals surface area contributed by atoms with Gasteiger partial charge in [-0.3, -0.25) is 9.59 Å². The molecule has 2 amide bonds. The summed E-state index contributed by atoms with van der Waals surface area (Å²) in [6.07, 6.45) is -0.0439. The Balaban J connectivity index is 2.87. The Morgan fingerprint density at radius 3 is 2.32 bits per heavy atom. The van der Waals surface area contributed by atoms with Crippen molar-refractivity contribution in [1.29, 1.82) is 0 Å². The standard InChI is InChI=1S/C21H29F3N4O3/c1-12(2)8-16(9-17(25)28-19(29)13(3)4)20(30)27-14(5)15-6-7-18(26-10-15)31-11-21(22,23)24/h6-10,12-14H,11,25H2,1-5H3,(H,27,30)(H,28,29)/b16-8+,17-9+. The van der Waals surface area contributed by atoms with E-state index in [1.165, 1.54) is 24.4 Å². The highest BCUT2D eigenvalue weighted by Gasteiger charge is 2.28. The van der Waals surface area contributed by atoms with Gasteiger partial charge < -0.3 is 21.1 Å². The molecular weight excluding hydrogens is 413 g/mol. The van der Waals surface area contributed by atoms with Crippen LogP contribution in [0.1, 0.15) is 46.2 Å². The summed E-state index contributed by atoms with van der Waals surface area (Å²) in [6.45, 7) is 7.47. The van der Waals surface area contributed by atoms with Gasteiger partial charge in [-0.1, -0.05) is 39.8 Å². The number of nitrogens with zero attached hydrogens (tertiary/aromatic N) is 1. The maximum absolute atomic E-state index is 12.7. The fourth-order valence-electron chi connectivity index (χ4n) is 2.29. The molecule has 1 aromatic heterocycles. The predicted molar refractivity (Wildman–Crippen MR) is 111 cm³/mol. The van der Waals surface area contributed by atoms with Crippen LogP contribution in [0, 0.1) is 11.8 Å². The number of carbonyl (C=O) groups is 2. The van der Waals surface area contributed by atoms with E-state index in [0.29, 0.717) is 5.56 Å². The number of hydrogen-bond donors (Lipinski definition) is 3. The van der Waals surface area contributed by atoms with E-state index in [1.807, 2.05) is 13.8 Å². The molecule has 4 N–H and O–H groups in total. The third kappa shape index (κ3) is 10.0. The number of carbonyl (C=O) groups excluding carboxylic acids is 2. The number of alkyl halides is 3. The number of rotatable bonds is 9. The molecule has 0 aromatic carbocycles. The first-order chi connectivity index (χ1) is 14.3. The Morgan fingerprint density at radius 2 is 1.84 bits per heavy atom. The summed E-state index contributed by atoms with van der Waals surface area (Å²) in [5, 5.41) is 5.30. The van der Waals surface area contributed by atoms with Gasteiger partial charge in [-0.25, -0.2) is 4.98 Å². The summed E-state index contributed by atoms with van der Waals surface area (Å²) in [5.41, 5.74) is 6.69. The molecule has 0 aliphatic heterocycles. The van der Waals surface area contributed by atoms with Crippen molar-refractivity contribution in [1.82, 2.24) is 15.6 Å². The van der Waals surface area contributed by atoms with Crippen LogP contribution in [0.15, 0.2) is 41.9 Å². The van der Waals surface area contributed by atoms with E-state index >= 15 is 0 Å². The zero-order valence-electron chi connectivity index (χ0n) is 18.2. The van der Waals surface area contributed by atoms with Gasteiger partial charge in [-0.05, 0) is 24.5 Å². The van der Waals surface area contributed by atoms with Gasteiger partial charge in [0.25, 0.3) is 5.91 Å². The average Bonchev–Trinajstić information content (AvgIpc) is 2.65. The van der Waals surface area contributed by atoms with E-state index in [2.05, 4.69) is 20.4 Å². The largest absolute Gasteiger partial charge is 0.468 e. The van der Waals surface area contributed by atoms with Gasteiger partial charge in [-0.2, -0.15) is 13.2 Å². The molecule has 0 saturated heterocycles. The molecule has 1 rings (SSSR count). The lowest BCUT2D eigenvalue weighted by Crippen LogP contribution is -2.32. The summed E-state index contributed by atoms with van der Waals surface area (Å²) in [4.78, 5) is 28.4. The molecule has 1 heterocycles. The van der Waals surface area contributed by atoms with Crippen LogP contribution in [0.4, 0.5) is 13.2 Å². The van der Waals surface area contributed by atoms with Crippen molar-refractivity contribution in [3.05, 3.63) is 47.4 Å². The van der Waals surface area contributed by atoms with Gasteiger partial charge >= 0.3 is 6.18 Å². The number of hydrogen-bond acceptors (Lipinski definition) is 5. The summed E-state index contributed by atoms with van der Waals surface area (Å²) in [6, 6.07) is 2.32. The van der Waals surface area contributed by atoms with Crippen LogP contribution in [0.2, 0.25) is 0 Å². The van der Waals surface area contributed by atoms with Crippen LogP contribution >= 0.6 is 0 Å². The van der Waals surface area contributed by atoms with Crippen LogP contribution in [0.25, 0.3) is 0 Å². The van der Waals surface area contributed by atoms with Gasteiger partial charge in [0.1, 0.15) is 5.82 Å². The SMILES string of the molecule is CC(C)/C=C(\C=C(/N)NC(=O)C(C)C)C(=O)NC(C)c1ccc(OCC(F)(F)F)nc1. The van der Waals surface area contributed by atoms with Crippen LogP contribution in [0.5, 0.6) is 5.88 Å². The van der Waals surface area contributed by atoms with E-state index in [4.69, 9.17) is 5.73 Å². The number of ether oxygens (including phenoxy) is 1. The van der Waals surface area contributed by atoms with Crippen molar-refractivity contribution in [3.8, 4) is 5.88 Å². The Morgan fingerprint density at radius 1 is 1.19 bits per heavy atom. The van der Waals surface area contributed by atoms with Crippen LogP contribution in [-0.2, 0) is 9.59 Å². The first kappa shape index (κ1) is 26.0. The number of pyridine rings is 1. The highest BCUT2D eigenvalue weighted by atomic mass is 19.4. The second-order valence-corrected chi connectivity index (χ2v) is 7.64. The maximum atomic E-state index is 12.7. The zero-order valence-corrected chi connectivity index (χ0v) is 18.2. The molecule has 0 aliphatic rings. The molecule has 172 valence electrons. The van der Waals surface area contributed by atoms with Crippen LogP contribution < -0.4 is 21.1 Å². The number of nitrogens with one attached hydrogen (secondary N) is 2. The van der Waals surface area contributed by atoms with Crippen molar-refractivity contribution < 1.29 is 27.5 Å². The summed E-state index contributed by atoms with van der Waals surface area (Å²) < 4.78 is 41.2. The van der Waals surface area contributed by atoms with Crippen LogP contribution in [-0.4, -0.2) is 29.6 Å². The minimum atomic E-state index is -4.45. The monoisotopic (exact) mass is 442 g/mol. The highest BCUT2D eigenvalue weighted by molar-refractivity contribution is 5.96. The summed E-state index contributed by atoms with van der Waals surface area (Å²) in [7, 11) is 0. The van der Waals surface area contributed by atoms with Gasteiger partial charge in [-0.15, -0.1) is 0 Å². The normalized spacial score (nSPS) is 13.9. The van der Waals surface area contributed by atoms with Gasteiger partial charge in [0, 0.05) is 23.8 Å². The number of halogens is 3. The fourth-order valence-corrected chi connectivity index (χ4v) is 2.29. The van der Waals surface area contributed by atoms with E-state index < -0.39 is 24.7 Å². The summed E-state index contributed by atoms with van der Waals surface area (Å²) in [5.74, 6) is -1.06. The minimum Gasteiger partial charge on any atom is -0.468 e. The number of amides is 2. The second-order valence-electron chi connectivity index (χ2n) is 7.64.